The van der Waals surface area contributed by atoms with E-state index in [1.165, 1.54) is 0 Å². The highest BCUT2D eigenvalue weighted by molar-refractivity contribution is 6.01. The number of carbonyl (C=O) groups is 1. The molecule has 138 valence electrons. The molecule has 4 rings (SSSR count). The number of fused-ring (bicyclic) bond motifs is 1. The molecule has 0 aliphatic carbocycles. The molecule has 0 fully saturated rings. The van der Waals surface area contributed by atoms with Crippen LogP contribution in [0.15, 0.2) is 41.2 Å². The first-order valence-corrected chi connectivity index (χ1v) is 8.95. The summed E-state index contributed by atoms with van der Waals surface area (Å²) in [5.74, 6) is 1.40. The van der Waals surface area contributed by atoms with Gasteiger partial charge in [-0.1, -0.05) is 19.0 Å². The Morgan fingerprint density at radius 1 is 1.15 bits per heavy atom. The number of Topliss-reactive ketones (excluding diaryl/α,β-unsaturated/α-hetero) is 1. The van der Waals surface area contributed by atoms with E-state index in [4.69, 9.17) is 15.0 Å². The molecule has 0 radical (unpaired) electrons. The van der Waals surface area contributed by atoms with E-state index in [1.54, 1.807) is 30.6 Å². The lowest BCUT2D eigenvalue weighted by Crippen LogP contribution is -2.40. The molecule has 1 aromatic carbocycles. The number of benzene rings is 1. The fraction of sp³-hybridized carbons (Fsp3) is 0.300. The molecule has 2 aromatic heterocycles. The summed E-state index contributed by atoms with van der Waals surface area (Å²) in [7, 11) is 0. The number of rotatable bonds is 4. The third kappa shape index (κ3) is 3.05. The number of nitrogens with zero attached hydrogens (tertiary/aromatic N) is 3. The molecule has 0 unspecified atom stereocenters. The van der Waals surface area contributed by atoms with Crippen molar-refractivity contribution in [3.8, 4) is 28.6 Å². The highest BCUT2D eigenvalue weighted by Gasteiger charge is 2.37. The van der Waals surface area contributed by atoms with Gasteiger partial charge in [0.25, 0.3) is 5.89 Å². The Morgan fingerprint density at radius 2 is 1.96 bits per heavy atom. The molecule has 1 aliphatic heterocycles. The van der Waals surface area contributed by atoms with Crippen molar-refractivity contribution in [3.05, 3.63) is 42.2 Å². The summed E-state index contributed by atoms with van der Waals surface area (Å²) >= 11 is 0. The first kappa shape index (κ1) is 17.2. The van der Waals surface area contributed by atoms with Crippen LogP contribution in [-0.4, -0.2) is 26.5 Å². The molecule has 3 heterocycles. The number of hydrogen-bond acceptors (Lipinski definition) is 7. The van der Waals surface area contributed by atoms with E-state index in [1.807, 2.05) is 19.9 Å². The zero-order valence-electron chi connectivity index (χ0n) is 15.2. The van der Waals surface area contributed by atoms with Gasteiger partial charge in [0.2, 0.25) is 5.82 Å². The molecule has 7 nitrogen and oxygen atoms in total. The first-order chi connectivity index (χ1) is 13.0. The normalized spacial score (nSPS) is 15.3. The Balaban J connectivity index is 1.68. The topological polar surface area (TPSA) is 104 Å². The highest BCUT2D eigenvalue weighted by atomic mass is 16.5. The number of nitrogen functional groups attached to an aromatic ring is 1. The number of pyridine rings is 1. The van der Waals surface area contributed by atoms with Crippen molar-refractivity contribution in [1.82, 2.24) is 15.1 Å². The van der Waals surface area contributed by atoms with Crippen molar-refractivity contribution in [3.63, 3.8) is 0 Å². The van der Waals surface area contributed by atoms with Gasteiger partial charge in [-0.3, -0.25) is 9.78 Å². The third-order valence-corrected chi connectivity index (χ3v) is 5.07. The fourth-order valence-corrected chi connectivity index (χ4v) is 3.31. The molecule has 0 atom stereocenters. The van der Waals surface area contributed by atoms with E-state index in [0.717, 1.165) is 12.8 Å². The molecule has 3 aromatic rings. The maximum atomic E-state index is 12.7. The largest absolute Gasteiger partial charge is 0.486 e. The predicted molar refractivity (Wildman–Crippen MR) is 100 cm³/mol. The van der Waals surface area contributed by atoms with Crippen LogP contribution in [0.1, 0.15) is 43.5 Å². The lowest BCUT2D eigenvalue weighted by molar-refractivity contribution is 0.0350. The minimum absolute atomic E-state index is 0.0709. The minimum atomic E-state index is -0.413. The minimum Gasteiger partial charge on any atom is -0.486 e. The van der Waals surface area contributed by atoms with Crippen LogP contribution >= 0.6 is 0 Å². The Bertz CT molecular complexity index is 1010. The van der Waals surface area contributed by atoms with Crippen LogP contribution in [0, 0.1) is 0 Å². The van der Waals surface area contributed by atoms with E-state index in [0.29, 0.717) is 46.3 Å². The van der Waals surface area contributed by atoms with Crippen molar-refractivity contribution < 1.29 is 14.1 Å². The van der Waals surface area contributed by atoms with Crippen LogP contribution in [0.2, 0.25) is 0 Å². The highest BCUT2D eigenvalue weighted by Crippen LogP contribution is 2.38. The van der Waals surface area contributed by atoms with E-state index < -0.39 is 5.60 Å². The molecule has 7 heteroatoms. The first-order valence-electron chi connectivity index (χ1n) is 8.95. The molecule has 2 N–H and O–H groups in total. The Labute approximate surface area is 156 Å². The van der Waals surface area contributed by atoms with Crippen LogP contribution in [0.4, 0.5) is 5.69 Å². The predicted octanol–water partition coefficient (Wildman–Crippen LogP) is 3.90. The van der Waals surface area contributed by atoms with Crippen molar-refractivity contribution >= 4 is 11.5 Å². The van der Waals surface area contributed by atoms with E-state index in [-0.39, 0.29) is 5.78 Å². The van der Waals surface area contributed by atoms with E-state index in [2.05, 4.69) is 15.1 Å². The van der Waals surface area contributed by atoms with Crippen molar-refractivity contribution in [2.45, 2.75) is 38.7 Å². The summed E-state index contributed by atoms with van der Waals surface area (Å²) < 4.78 is 11.5. The van der Waals surface area contributed by atoms with Gasteiger partial charge in [-0.15, -0.1) is 0 Å². The number of hydrogen-bond donors (Lipinski definition) is 1. The van der Waals surface area contributed by atoms with Crippen molar-refractivity contribution in [2.75, 3.05) is 5.73 Å². The average Bonchev–Trinajstić information content (AvgIpc) is 3.18. The van der Waals surface area contributed by atoms with Gasteiger partial charge in [0.1, 0.15) is 11.4 Å². The van der Waals surface area contributed by atoms with Gasteiger partial charge in [-0.2, -0.15) is 4.98 Å². The standard InChI is InChI=1S/C20H20N4O3/c1-3-20(4-2)9-16(25)15-8-12(5-6-17(15)26-20)19-23-18(24-27-19)13-7-14(21)11-22-10-13/h5-8,10-11H,3-4,9,21H2,1-2H3. The van der Waals surface area contributed by atoms with Crippen molar-refractivity contribution in [1.29, 1.82) is 0 Å². The zero-order chi connectivity index (χ0) is 19.0. The quantitative estimate of drug-likeness (QED) is 0.748. The second kappa shape index (κ2) is 6.50. The van der Waals surface area contributed by atoms with Crippen LogP contribution in [0.5, 0.6) is 5.75 Å². The number of aromatic nitrogens is 3. The Morgan fingerprint density at radius 3 is 2.70 bits per heavy atom. The van der Waals surface area contributed by atoms with Gasteiger partial charge < -0.3 is 15.0 Å². The molecule has 0 spiro atoms. The number of ether oxygens (including phenoxy) is 1. The monoisotopic (exact) mass is 364 g/mol. The SMILES string of the molecule is CCC1(CC)CC(=O)c2cc(-c3nc(-c4cncc(N)c4)no3)ccc2O1. The summed E-state index contributed by atoms with van der Waals surface area (Å²) in [6.45, 7) is 4.09. The maximum absolute atomic E-state index is 12.7. The van der Waals surface area contributed by atoms with Gasteiger partial charge in [-0.05, 0) is 37.1 Å². The lowest BCUT2D eigenvalue weighted by Gasteiger charge is -2.36. The Kier molecular flexibility index (Phi) is 4.14. The van der Waals surface area contributed by atoms with E-state index >= 15 is 0 Å². The summed E-state index contributed by atoms with van der Waals surface area (Å²) in [6.07, 6.45) is 5.12. The number of ketones is 1. The molecule has 0 amide bonds. The van der Waals surface area contributed by atoms with Crippen LogP contribution in [0.25, 0.3) is 22.8 Å². The molecule has 0 saturated heterocycles. The number of carbonyl (C=O) groups excluding carboxylic acids is 1. The van der Waals surface area contributed by atoms with Gasteiger partial charge in [0.05, 0.1) is 17.7 Å². The van der Waals surface area contributed by atoms with Gasteiger partial charge in [0.15, 0.2) is 5.78 Å². The van der Waals surface area contributed by atoms with Gasteiger partial charge in [0, 0.05) is 23.5 Å². The Hall–Kier alpha value is -3.22. The number of nitrogens with two attached hydrogens (primary N) is 1. The average molecular weight is 364 g/mol. The summed E-state index contributed by atoms with van der Waals surface area (Å²) in [6, 6.07) is 7.10. The zero-order valence-corrected chi connectivity index (χ0v) is 15.2. The molecule has 1 aliphatic rings. The fourth-order valence-electron chi connectivity index (χ4n) is 3.31. The van der Waals surface area contributed by atoms with Crippen LogP contribution in [0.3, 0.4) is 0 Å². The summed E-state index contributed by atoms with van der Waals surface area (Å²) in [4.78, 5) is 21.1. The maximum Gasteiger partial charge on any atom is 0.258 e. The molecule has 0 saturated carbocycles. The van der Waals surface area contributed by atoms with Crippen LogP contribution in [-0.2, 0) is 0 Å². The molecule has 27 heavy (non-hydrogen) atoms. The molecular formula is C20H20N4O3. The van der Waals surface area contributed by atoms with Gasteiger partial charge >= 0.3 is 0 Å². The second-order valence-electron chi connectivity index (χ2n) is 6.73. The van der Waals surface area contributed by atoms with Crippen molar-refractivity contribution in [2.24, 2.45) is 0 Å². The van der Waals surface area contributed by atoms with E-state index in [9.17, 15) is 4.79 Å². The lowest BCUT2D eigenvalue weighted by atomic mass is 9.85. The molecule has 0 bridgehead atoms. The second-order valence-corrected chi connectivity index (χ2v) is 6.73. The molecular weight excluding hydrogens is 344 g/mol. The summed E-state index contributed by atoms with van der Waals surface area (Å²) in [5.41, 5.74) is 7.74. The van der Waals surface area contributed by atoms with Crippen LogP contribution < -0.4 is 10.5 Å². The van der Waals surface area contributed by atoms with Gasteiger partial charge in [-0.25, -0.2) is 0 Å². The smallest absolute Gasteiger partial charge is 0.258 e. The summed E-state index contributed by atoms with van der Waals surface area (Å²) in [5, 5.41) is 3.99. The third-order valence-electron chi connectivity index (χ3n) is 5.07. The number of anilines is 1.